The number of nitrogens with one attached hydrogen (secondary N) is 3. The summed E-state index contributed by atoms with van der Waals surface area (Å²) in [6, 6.07) is 15.6. The number of carbonyl (C=O) groups is 2. The van der Waals surface area contributed by atoms with E-state index in [-0.39, 0.29) is 5.91 Å². The Kier molecular flexibility index (Phi) is 4.90. The van der Waals surface area contributed by atoms with Crippen molar-refractivity contribution in [1.82, 2.24) is 5.43 Å². The molecule has 7 heteroatoms. The summed E-state index contributed by atoms with van der Waals surface area (Å²) in [5, 5.41) is 18.6. The molecule has 0 saturated heterocycles. The molecule has 1 heterocycles. The van der Waals surface area contributed by atoms with Gasteiger partial charge in [-0.05, 0) is 30.3 Å². The van der Waals surface area contributed by atoms with Gasteiger partial charge in [0.2, 0.25) is 5.91 Å². The van der Waals surface area contributed by atoms with Gasteiger partial charge in [-0.15, -0.1) is 0 Å². The Labute approximate surface area is 157 Å². The molecule has 3 N–H and O–H groups in total. The second-order valence-electron chi connectivity index (χ2n) is 6.91. The van der Waals surface area contributed by atoms with E-state index >= 15 is 0 Å². The molecule has 27 heavy (non-hydrogen) atoms. The number of nitriles is 1. The van der Waals surface area contributed by atoms with Crippen molar-refractivity contribution in [1.29, 1.82) is 5.26 Å². The number of urea groups is 1. The first kappa shape index (κ1) is 18.1. The average Bonchev–Trinajstić information content (AvgIpc) is 2.61. The van der Waals surface area contributed by atoms with Gasteiger partial charge in [0.25, 0.3) is 0 Å². The van der Waals surface area contributed by atoms with Crippen LogP contribution in [-0.2, 0) is 4.79 Å². The van der Waals surface area contributed by atoms with Crippen molar-refractivity contribution in [3.05, 3.63) is 59.7 Å². The smallest absolute Gasteiger partial charge is 0.308 e. The number of carbonyl (C=O) groups excluding carboxylic acids is 2. The molecule has 1 aliphatic heterocycles. The van der Waals surface area contributed by atoms with Gasteiger partial charge >= 0.3 is 6.03 Å². The lowest BCUT2D eigenvalue weighted by Crippen LogP contribution is -2.39. The third-order valence-electron chi connectivity index (χ3n) is 4.18. The Morgan fingerprint density at radius 2 is 1.81 bits per heavy atom. The monoisotopic (exact) mass is 361 g/mol. The number of nitrogens with zero attached hydrogens (tertiary/aromatic N) is 2. The summed E-state index contributed by atoms with van der Waals surface area (Å²) in [6.45, 7) is 3.92. The summed E-state index contributed by atoms with van der Waals surface area (Å²) in [6.07, 6.45) is 0.346. The molecule has 1 aliphatic rings. The lowest BCUT2D eigenvalue weighted by atomic mass is 9.79. The van der Waals surface area contributed by atoms with Crippen molar-refractivity contribution in [3.8, 4) is 6.07 Å². The van der Waals surface area contributed by atoms with Crippen molar-refractivity contribution >= 4 is 29.0 Å². The van der Waals surface area contributed by atoms with Gasteiger partial charge in [0, 0.05) is 28.8 Å². The molecule has 0 fully saturated rings. The molecule has 3 amide bonds. The van der Waals surface area contributed by atoms with Gasteiger partial charge in [-0.2, -0.15) is 10.4 Å². The maximum absolute atomic E-state index is 12.2. The molecule has 2 aromatic rings. The maximum atomic E-state index is 12.2. The number of hydrogen-bond acceptors (Lipinski definition) is 4. The second kappa shape index (κ2) is 7.30. The zero-order valence-electron chi connectivity index (χ0n) is 15.0. The number of rotatable bonds is 3. The number of hydrazone groups is 1. The molecule has 0 bridgehead atoms. The molecule has 3 rings (SSSR count). The number of anilines is 2. The molecule has 0 radical (unpaired) electrons. The molecule has 2 aromatic carbocycles. The van der Waals surface area contributed by atoms with Gasteiger partial charge in [0.15, 0.2) is 0 Å². The summed E-state index contributed by atoms with van der Waals surface area (Å²) >= 11 is 0. The van der Waals surface area contributed by atoms with Crippen molar-refractivity contribution in [3.63, 3.8) is 0 Å². The molecule has 0 aromatic heterocycles. The molecule has 0 saturated carbocycles. The summed E-state index contributed by atoms with van der Waals surface area (Å²) < 4.78 is 0. The van der Waals surface area contributed by atoms with E-state index in [1.807, 2.05) is 38.1 Å². The van der Waals surface area contributed by atoms with Crippen molar-refractivity contribution < 1.29 is 9.59 Å². The quantitative estimate of drug-likeness (QED) is 0.779. The minimum absolute atomic E-state index is 0.114. The first-order chi connectivity index (χ1) is 12.9. The molecule has 0 atom stereocenters. The Morgan fingerprint density at radius 1 is 1.15 bits per heavy atom. The molecule has 0 unspecified atom stereocenters. The van der Waals surface area contributed by atoms with Gasteiger partial charge < -0.3 is 10.6 Å². The van der Waals surface area contributed by atoms with Crippen LogP contribution in [0.25, 0.3) is 0 Å². The van der Waals surface area contributed by atoms with Crippen LogP contribution in [0, 0.1) is 16.7 Å². The van der Waals surface area contributed by atoms with E-state index in [4.69, 9.17) is 5.26 Å². The summed E-state index contributed by atoms with van der Waals surface area (Å²) in [7, 11) is 0. The number of benzene rings is 2. The van der Waals surface area contributed by atoms with E-state index in [0.29, 0.717) is 23.4 Å². The highest BCUT2D eigenvalue weighted by molar-refractivity contribution is 6.09. The molecule has 0 aliphatic carbocycles. The third kappa shape index (κ3) is 4.30. The summed E-state index contributed by atoms with van der Waals surface area (Å²) in [4.78, 5) is 23.8. The van der Waals surface area contributed by atoms with Crippen LogP contribution in [0.3, 0.4) is 0 Å². The number of hydrogen-bond donors (Lipinski definition) is 3. The van der Waals surface area contributed by atoms with Crippen LogP contribution in [-0.4, -0.2) is 17.6 Å². The van der Waals surface area contributed by atoms with Crippen LogP contribution >= 0.6 is 0 Å². The van der Waals surface area contributed by atoms with Gasteiger partial charge in [-0.1, -0.05) is 32.0 Å². The first-order valence-electron chi connectivity index (χ1n) is 8.43. The molecule has 7 nitrogen and oxygen atoms in total. The van der Waals surface area contributed by atoms with Crippen LogP contribution < -0.4 is 16.1 Å². The fourth-order valence-corrected chi connectivity index (χ4v) is 2.95. The molecule has 136 valence electrons. The zero-order valence-corrected chi connectivity index (χ0v) is 15.0. The van der Waals surface area contributed by atoms with Gasteiger partial charge in [0.1, 0.15) is 0 Å². The van der Waals surface area contributed by atoms with Crippen molar-refractivity contribution in [2.45, 2.75) is 20.3 Å². The van der Waals surface area contributed by atoms with E-state index in [2.05, 4.69) is 21.2 Å². The SMILES string of the molecule is CC1(C)CC(=O)NN=C1c1cccc(NC(=O)Nc2cccc(C#N)c2)c1. The molecular weight excluding hydrogens is 342 g/mol. The zero-order chi connectivity index (χ0) is 19.4. The number of amides is 3. The van der Waals surface area contributed by atoms with Crippen LogP contribution in [0.1, 0.15) is 31.4 Å². The Balaban J connectivity index is 1.75. The van der Waals surface area contributed by atoms with Gasteiger partial charge in [0.05, 0.1) is 17.3 Å². The summed E-state index contributed by atoms with van der Waals surface area (Å²) in [5.74, 6) is -0.114. The van der Waals surface area contributed by atoms with Gasteiger partial charge in [-0.3, -0.25) is 4.79 Å². The minimum atomic E-state index is -0.416. The maximum Gasteiger partial charge on any atom is 0.323 e. The normalized spacial score (nSPS) is 15.1. The first-order valence-corrected chi connectivity index (χ1v) is 8.43. The van der Waals surface area contributed by atoms with E-state index in [0.717, 1.165) is 11.3 Å². The largest absolute Gasteiger partial charge is 0.323 e. The van der Waals surface area contributed by atoms with Crippen LogP contribution in [0.15, 0.2) is 53.6 Å². The van der Waals surface area contributed by atoms with Crippen molar-refractivity contribution in [2.24, 2.45) is 10.5 Å². The Morgan fingerprint density at radius 3 is 2.48 bits per heavy atom. The van der Waals surface area contributed by atoms with Crippen LogP contribution in [0.5, 0.6) is 0 Å². The average molecular weight is 361 g/mol. The highest BCUT2D eigenvalue weighted by atomic mass is 16.2. The highest BCUT2D eigenvalue weighted by Gasteiger charge is 2.33. The summed E-state index contributed by atoms with van der Waals surface area (Å²) in [5.41, 5.74) is 5.28. The van der Waals surface area contributed by atoms with Crippen LogP contribution in [0.2, 0.25) is 0 Å². The van der Waals surface area contributed by atoms with Gasteiger partial charge in [-0.25, -0.2) is 10.2 Å². The predicted molar refractivity (Wildman–Crippen MR) is 103 cm³/mol. The Hall–Kier alpha value is -3.66. The van der Waals surface area contributed by atoms with E-state index in [1.54, 1.807) is 30.3 Å². The van der Waals surface area contributed by atoms with E-state index in [9.17, 15) is 9.59 Å². The highest BCUT2D eigenvalue weighted by Crippen LogP contribution is 2.30. The topological polar surface area (TPSA) is 106 Å². The fraction of sp³-hybridized carbons (Fsp3) is 0.200. The fourth-order valence-electron chi connectivity index (χ4n) is 2.95. The van der Waals surface area contributed by atoms with E-state index < -0.39 is 11.4 Å². The predicted octanol–water partition coefficient (Wildman–Crippen LogP) is 3.45. The van der Waals surface area contributed by atoms with Crippen LogP contribution in [0.4, 0.5) is 16.2 Å². The standard InChI is InChI=1S/C20H19N5O2/c1-20(2)11-17(26)24-25-18(20)14-6-4-8-16(10-14)23-19(27)22-15-7-3-5-13(9-15)12-21/h3-10H,11H2,1-2H3,(H,24,26)(H2,22,23,27). The molecular formula is C20H19N5O2. The van der Waals surface area contributed by atoms with E-state index in [1.165, 1.54) is 0 Å². The lowest BCUT2D eigenvalue weighted by molar-refractivity contribution is -0.122. The second-order valence-corrected chi connectivity index (χ2v) is 6.91. The molecule has 0 spiro atoms. The minimum Gasteiger partial charge on any atom is -0.308 e. The lowest BCUT2D eigenvalue weighted by Gasteiger charge is -2.29. The van der Waals surface area contributed by atoms with Crippen molar-refractivity contribution in [2.75, 3.05) is 10.6 Å². The third-order valence-corrected chi connectivity index (χ3v) is 4.18. The Bertz CT molecular complexity index is 972.